The molecule has 30 heavy (non-hydrogen) atoms. The molecule has 0 saturated carbocycles. The van der Waals surface area contributed by atoms with Gasteiger partial charge in [-0.15, -0.1) is 0 Å². The fourth-order valence-electron chi connectivity index (χ4n) is 3.83. The van der Waals surface area contributed by atoms with Crippen molar-refractivity contribution < 1.29 is 8.81 Å². The van der Waals surface area contributed by atoms with Gasteiger partial charge in [-0.3, -0.25) is 0 Å². The van der Waals surface area contributed by atoms with E-state index in [1.165, 1.54) is 6.07 Å². The third kappa shape index (κ3) is 3.02. The maximum Gasteiger partial charge on any atom is 0.146 e. The standard InChI is InChI=1S/C25H21FN2OSi/c1-30(2,3)22-14-21(27-15-28-22)19-11-7-10-17-18-12-13-20(26)23(25(18)29-24(17)19)16-8-5-4-6-9-16/h4-15H,1-3H3. The molecule has 0 N–H and O–H groups in total. The van der Waals surface area contributed by atoms with Gasteiger partial charge in [-0.1, -0.05) is 62.1 Å². The number of hydrogen-bond donors (Lipinski definition) is 0. The largest absolute Gasteiger partial charge is 0.455 e. The summed E-state index contributed by atoms with van der Waals surface area (Å²) in [5.74, 6) is -0.294. The van der Waals surface area contributed by atoms with Crippen molar-refractivity contribution >= 4 is 35.3 Å². The lowest BCUT2D eigenvalue weighted by atomic mass is 10.0. The lowest BCUT2D eigenvalue weighted by Crippen LogP contribution is -2.40. The smallest absolute Gasteiger partial charge is 0.146 e. The second-order valence-electron chi connectivity index (χ2n) is 8.49. The number of fused-ring (bicyclic) bond motifs is 3. The first-order valence-electron chi connectivity index (χ1n) is 9.95. The molecule has 5 aromatic rings. The van der Waals surface area contributed by atoms with Crippen LogP contribution in [-0.4, -0.2) is 18.0 Å². The van der Waals surface area contributed by atoms with Gasteiger partial charge in [-0.2, -0.15) is 0 Å². The van der Waals surface area contributed by atoms with Gasteiger partial charge in [0.2, 0.25) is 0 Å². The maximum absolute atomic E-state index is 14.9. The number of furan rings is 1. The van der Waals surface area contributed by atoms with Crippen LogP contribution in [0, 0.1) is 5.82 Å². The van der Waals surface area contributed by atoms with Crippen LogP contribution < -0.4 is 5.32 Å². The van der Waals surface area contributed by atoms with Crippen LogP contribution >= 0.6 is 0 Å². The van der Waals surface area contributed by atoms with Crippen LogP contribution in [0.2, 0.25) is 19.6 Å². The zero-order valence-electron chi connectivity index (χ0n) is 17.1. The van der Waals surface area contributed by atoms with Gasteiger partial charge < -0.3 is 4.42 Å². The predicted molar refractivity (Wildman–Crippen MR) is 123 cm³/mol. The zero-order chi connectivity index (χ0) is 20.9. The third-order valence-electron chi connectivity index (χ3n) is 5.39. The fraction of sp³-hybridized carbons (Fsp3) is 0.120. The molecular weight excluding hydrogens is 391 g/mol. The third-order valence-corrected chi connectivity index (χ3v) is 7.20. The van der Waals surface area contributed by atoms with Crippen LogP contribution in [0.25, 0.3) is 44.3 Å². The second kappa shape index (κ2) is 6.88. The molecule has 5 heteroatoms. The molecule has 2 heterocycles. The summed E-state index contributed by atoms with van der Waals surface area (Å²) in [6, 6.07) is 20.9. The quantitative estimate of drug-likeness (QED) is 0.322. The van der Waals surface area contributed by atoms with Crippen LogP contribution in [0.3, 0.4) is 0 Å². The predicted octanol–water partition coefficient (Wildman–Crippen LogP) is 6.39. The molecule has 0 aliphatic carbocycles. The van der Waals surface area contributed by atoms with Crippen molar-refractivity contribution in [2.45, 2.75) is 19.6 Å². The highest BCUT2D eigenvalue weighted by Gasteiger charge is 2.22. The summed E-state index contributed by atoms with van der Waals surface area (Å²) in [6.07, 6.45) is 1.62. The summed E-state index contributed by atoms with van der Waals surface area (Å²) >= 11 is 0. The van der Waals surface area contributed by atoms with E-state index in [-0.39, 0.29) is 5.82 Å². The highest BCUT2D eigenvalue weighted by molar-refractivity contribution is 6.88. The Labute approximate surface area is 175 Å². The molecule has 0 aliphatic heterocycles. The van der Waals surface area contributed by atoms with Crippen molar-refractivity contribution in [1.82, 2.24) is 9.97 Å². The van der Waals surface area contributed by atoms with Crippen molar-refractivity contribution in [2.75, 3.05) is 0 Å². The number of halogens is 1. The van der Waals surface area contributed by atoms with Crippen molar-refractivity contribution in [3.05, 3.63) is 78.9 Å². The first-order valence-corrected chi connectivity index (χ1v) is 13.5. The minimum absolute atomic E-state index is 0.294. The molecule has 0 aliphatic rings. The Morgan fingerprint density at radius 2 is 1.57 bits per heavy atom. The summed E-state index contributed by atoms with van der Waals surface area (Å²) in [4.78, 5) is 9.01. The average Bonchev–Trinajstić information content (AvgIpc) is 3.12. The van der Waals surface area contributed by atoms with Gasteiger partial charge >= 0.3 is 0 Å². The molecule has 3 aromatic carbocycles. The van der Waals surface area contributed by atoms with E-state index in [0.29, 0.717) is 11.1 Å². The molecule has 0 saturated heterocycles. The van der Waals surface area contributed by atoms with Gasteiger partial charge in [0.05, 0.1) is 11.3 Å². The molecule has 0 fully saturated rings. The summed E-state index contributed by atoms with van der Waals surface area (Å²) in [6.45, 7) is 6.78. The molecule has 2 aromatic heterocycles. The normalized spacial score (nSPS) is 12.0. The lowest BCUT2D eigenvalue weighted by molar-refractivity contribution is 0.622. The number of para-hydroxylation sites is 1. The molecule has 0 radical (unpaired) electrons. The molecule has 5 rings (SSSR count). The van der Waals surface area contributed by atoms with E-state index in [2.05, 4.69) is 35.7 Å². The Morgan fingerprint density at radius 3 is 2.33 bits per heavy atom. The van der Waals surface area contributed by atoms with Gasteiger partial charge in [0.15, 0.2) is 0 Å². The van der Waals surface area contributed by atoms with E-state index >= 15 is 0 Å². The number of nitrogens with zero attached hydrogens (tertiary/aromatic N) is 2. The van der Waals surface area contributed by atoms with Gasteiger partial charge in [0.25, 0.3) is 0 Å². The number of aromatic nitrogens is 2. The van der Waals surface area contributed by atoms with Crippen LogP contribution in [0.4, 0.5) is 4.39 Å². The van der Waals surface area contributed by atoms with Crippen LogP contribution in [0.1, 0.15) is 0 Å². The minimum Gasteiger partial charge on any atom is -0.455 e. The van der Waals surface area contributed by atoms with Gasteiger partial charge in [-0.05, 0) is 29.8 Å². The van der Waals surface area contributed by atoms with E-state index in [4.69, 9.17) is 4.42 Å². The molecule has 0 spiro atoms. The van der Waals surface area contributed by atoms with E-state index < -0.39 is 8.07 Å². The average molecular weight is 413 g/mol. The van der Waals surface area contributed by atoms with E-state index in [1.54, 1.807) is 12.4 Å². The van der Waals surface area contributed by atoms with Crippen molar-refractivity contribution in [3.63, 3.8) is 0 Å². The van der Waals surface area contributed by atoms with Crippen LogP contribution in [0.15, 0.2) is 77.5 Å². The van der Waals surface area contributed by atoms with Gasteiger partial charge in [0.1, 0.15) is 31.4 Å². The zero-order valence-corrected chi connectivity index (χ0v) is 18.1. The van der Waals surface area contributed by atoms with Crippen molar-refractivity contribution in [2.24, 2.45) is 0 Å². The van der Waals surface area contributed by atoms with Crippen LogP contribution in [0.5, 0.6) is 0 Å². The molecule has 0 bridgehead atoms. The Balaban J connectivity index is 1.80. The summed E-state index contributed by atoms with van der Waals surface area (Å²) in [5.41, 5.74) is 4.28. The minimum atomic E-state index is -1.59. The number of rotatable bonds is 3. The Morgan fingerprint density at radius 1 is 0.800 bits per heavy atom. The highest BCUT2D eigenvalue weighted by Crippen LogP contribution is 2.40. The maximum atomic E-state index is 14.9. The number of benzene rings is 3. The van der Waals surface area contributed by atoms with E-state index in [9.17, 15) is 4.39 Å². The molecular formula is C25H21FN2OSi. The Kier molecular flexibility index (Phi) is 4.29. The van der Waals surface area contributed by atoms with Crippen molar-refractivity contribution in [3.8, 4) is 22.4 Å². The number of hydrogen-bond acceptors (Lipinski definition) is 3. The summed E-state index contributed by atoms with van der Waals surface area (Å²) in [7, 11) is -1.59. The topological polar surface area (TPSA) is 38.9 Å². The molecule has 148 valence electrons. The van der Waals surface area contributed by atoms with Crippen LogP contribution in [-0.2, 0) is 0 Å². The Bertz CT molecular complexity index is 1390. The second-order valence-corrected chi connectivity index (χ2v) is 13.5. The first-order chi connectivity index (χ1) is 14.4. The van der Waals surface area contributed by atoms with E-state index in [1.807, 2.05) is 48.5 Å². The highest BCUT2D eigenvalue weighted by atomic mass is 28.3. The summed E-state index contributed by atoms with van der Waals surface area (Å²) < 4.78 is 21.2. The molecule has 3 nitrogen and oxygen atoms in total. The fourth-order valence-corrected chi connectivity index (χ4v) is 4.84. The SMILES string of the molecule is C[Si](C)(C)c1cc(-c2cccc3c2oc2c(-c4ccccc4)c(F)ccc23)ncn1. The van der Waals surface area contributed by atoms with Crippen molar-refractivity contribution in [1.29, 1.82) is 0 Å². The van der Waals surface area contributed by atoms with Gasteiger partial charge in [-0.25, -0.2) is 14.4 Å². The molecule has 0 atom stereocenters. The monoisotopic (exact) mass is 412 g/mol. The molecule has 0 amide bonds. The molecule has 0 unspecified atom stereocenters. The first kappa shape index (κ1) is 18.7. The Hall–Kier alpha value is -3.31. The van der Waals surface area contributed by atoms with E-state index in [0.717, 1.165) is 38.5 Å². The lowest BCUT2D eigenvalue weighted by Gasteiger charge is -2.15. The van der Waals surface area contributed by atoms with Gasteiger partial charge in [0, 0.05) is 21.7 Å². The summed E-state index contributed by atoms with van der Waals surface area (Å²) in [5, 5.41) is 2.94.